The van der Waals surface area contributed by atoms with Gasteiger partial charge in [-0.1, -0.05) is 26.7 Å². The third-order valence-corrected chi connectivity index (χ3v) is 4.59. The van der Waals surface area contributed by atoms with Crippen LogP contribution in [0.2, 0.25) is 0 Å². The van der Waals surface area contributed by atoms with E-state index >= 15 is 0 Å². The number of rotatable bonds is 3. The largest absolute Gasteiger partial charge is 0.310 e. The SMILES string of the molecule is C[C@H]1[C@H](C)CCC[C@@H]1NCc1ccsc1. The molecule has 1 aliphatic rings. The van der Waals surface area contributed by atoms with Gasteiger partial charge in [0, 0.05) is 12.6 Å². The second-order valence-electron chi connectivity index (χ2n) is 4.89. The van der Waals surface area contributed by atoms with Gasteiger partial charge >= 0.3 is 0 Å². The van der Waals surface area contributed by atoms with Crippen LogP contribution in [0.25, 0.3) is 0 Å². The molecule has 1 aliphatic carbocycles. The molecule has 0 spiro atoms. The fourth-order valence-corrected chi connectivity index (χ4v) is 3.18. The Morgan fingerprint density at radius 3 is 3.00 bits per heavy atom. The van der Waals surface area contributed by atoms with E-state index in [0.29, 0.717) is 0 Å². The molecule has 0 amide bonds. The second kappa shape index (κ2) is 5.13. The highest BCUT2D eigenvalue weighted by Crippen LogP contribution is 2.29. The van der Waals surface area contributed by atoms with Crippen LogP contribution in [0.15, 0.2) is 16.8 Å². The minimum atomic E-state index is 0.730. The lowest BCUT2D eigenvalue weighted by Crippen LogP contribution is -2.40. The maximum Gasteiger partial charge on any atom is 0.0216 e. The summed E-state index contributed by atoms with van der Waals surface area (Å²) in [5.41, 5.74) is 1.44. The molecule has 0 radical (unpaired) electrons. The van der Waals surface area contributed by atoms with Crippen molar-refractivity contribution in [1.82, 2.24) is 5.32 Å². The van der Waals surface area contributed by atoms with Gasteiger partial charge in [0.05, 0.1) is 0 Å². The van der Waals surface area contributed by atoms with E-state index < -0.39 is 0 Å². The lowest BCUT2D eigenvalue weighted by molar-refractivity contribution is 0.206. The van der Waals surface area contributed by atoms with Crippen molar-refractivity contribution in [3.05, 3.63) is 22.4 Å². The van der Waals surface area contributed by atoms with Gasteiger partial charge in [-0.2, -0.15) is 11.3 Å². The average molecular weight is 223 g/mol. The van der Waals surface area contributed by atoms with Gasteiger partial charge in [-0.25, -0.2) is 0 Å². The Morgan fingerprint density at radius 1 is 1.40 bits per heavy atom. The minimum absolute atomic E-state index is 0.730. The Labute approximate surface area is 96.9 Å². The molecule has 1 nitrogen and oxygen atoms in total. The van der Waals surface area contributed by atoms with Gasteiger partial charge in [0.15, 0.2) is 0 Å². The van der Waals surface area contributed by atoms with Crippen LogP contribution in [0, 0.1) is 11.8 Å². The highest BCUT2D eigenvalue weighted by Gasteiger charge is 2.26. The second-order valence-corrected chi connectivity index (χ2v) is 5.67. The summed E-state index contributed by atoms with van der Waals surface area (Å²) in [4.78, 5) is 0. The summed E-state index contributed by atoms with van der Waals surface area (Å²) in [7, 11) is 0. The third kappa shape index (κ3) is 2.82. The van der Waals surface area contributed by atoms with Crippen LogP contribution in [-0.2, 0) is 6.54 Å². The van der Waals surface area contributed by atoms with Crippen LogP contribution in [0.1, 0.15) is 38.7 Å². The fraction of sp³-hybridized carbons (Fsp3) is 0.692. The van der Waals surface area contributed by atoms with Crippen LogP contribution >= 0.6 is 11.3 Å². The topological polar surface area (TPSA) is 12.0 Å². The summed E-state index contributed by atoms with van der Waals surface area (Å²) < 4.78 is 0. The Kier molecular flexibility index (Phi) is 3.81. The quantitative estimate of drug-likeness (QED) is 0.824. The van der Waals surface area contributed by atoms with Crippen molar-refractivity contribution in [2.45, 2.75) is 45.7 Å². The van der Waals surface area contributed by atoms with Gasteiger partial charge < -0.3 is 5.32 Å². The molecule has 1 aromatic heterocycles. The van der Waals surface area contributed by atoms with Crippen LogP contribution in [-0.4, -0.2) is 6.04 Å². The number of hydrogen-bond acceptors (Lipinski definition) is 2. The van der Waals surface area contributed by atoms with E-state index in [1.165, 1.54) is 24.8 Å². The standard InChI is InChI=1S/C13H21NS/c1-10-4-3-5-13(11(10)2)14-8-12-6-7-15-9-12/h6-7,9-11,13-14H,3-5,8H2,1-2H3/t10-,11+,13+/m1/s1. The molecule has 0 unspecified atom stereocenters. The molecule has 0 aromatic carbocycles. The minimum Gasteiger partial charge on any atom is -0.310 e. The number of hydrogen-bond donors (Lipinski definition) is 1. The molecule has 2 rings (SSSR count). The zero-order valence-corrected chi connectivity index (χ0v) is 10.5. The summed E-state index contributed by atoms with van der Waals surface area (Å²) in [5.74, 6) is 1.72. The number of thiophene rings is 1. The maximum atomic E-state index is 3.71. The molecule has 1 aromatic rings. The Hall–Kier alpha value is -0.340. The first kappa shape index (κ1) is 11.2. The van der Waals surface area contributed by atoms with Gasteiger partial charge in [-0.3, -0.25) is 0 Å². The van der Waals surface area contributed by atoms with Gasteiger partial charge in [-0.05, 0) is 40.6 Å². The third-order valence-electron chi connectivity index (χ3n) is 3.86. The summed E-state index contributed by atoms with van der Waals surface area (Å²) in [6.07, 6.45) is 4.17. The first-order valence-electron chi connectivity index (χ1n) is 6.02. The summed E-state index contributed by atoms with van der Waals surface area (Å²) in [5, 5.41) is 8.11. The van der Waals surface area contributed by atoms with Gasteiger partial charge in [0.25, 0.3) is 0 Å². The average Bonchev–Trinajstić information content (AvgIpc) is 2.73. The first-order valence-corrected chi connectivity index (χ1v) is 6.96. The highest BCUT2D eigenvalue weighted by atomic mass is 32.1. The van der Waals surface area contributed by atoms with Gasteiger partial charge in [0.1, 0.15) is 0 Å². The monoisotopic (exact) mass is 223 g/mol. The summed E-state index contributed by atoms with van der Waals surface area (Å²) >= 11 is 1.79. The van der Waals surface area contributed by atoms with E-state index in [0.717, 1.165) is 24.4 Å². The van der Waals surface area contributed by atoms with E-state index in [2.05, 4.69) is 36.0 Å². The molecular formula is C13H21NS. The molecule has 1 saturated carbocycles. The van der Waals surface area contributed by atoms with Crippen molar-refractivity contribution in [3.63, 3.8) is 0 Å². The van der Waals surface area contributed by atoms with Crippen molar-refractivity contribution in [1.29, 1.82) is 0 Å². The van der Waals surface area contributed by atoms with E-state index in [-0.39, 0.29) is 0 Å². The van der Waals surface area contributed by atoms with Crippen molar-refractivity contribution < 1.29 is 0 Å². The predicted molar refractivity (Wildman–Crippen MR) is 67.1 cm³/mol. The van der Waals surface area contributed by atoms with E-state index in [1.54, 1.807) is 11.3 Å². The molecule has 15 heavy (non-hydrogen) atoms. The van der Waals surface area contributed by atoms with E-state index in [9.17, 15) is 0 Å². The molecule has 1 fully saturated rings. The van der Waals surface area contributed by atoms with Crippen LogP contribution in [0.5, 0.6) is 0 Å². The molecule has 84 valence electrons. The smallest absolute Gasteiger partial charge is 0.0216 e. The van der Waals surface area contributed by atoms with Crippen molar-refractivity contribution in [3.8, 4) is 0 Å². The molecule has 0 saturated heterocycles. The van der Waals surface area contributed by atoms with Crippen LogP contribution in [0.4, 0.5) is 0 Å². The molecular weight excluding hydrogens is 202 g/mol. The Bertz CT molecular complexity index is 281. The molecule has 1 heterocycles. The molecule has 1 N–H and O–H groups in total. The van der Waals surface area contributed by atoms with E-state index in [1.807, 2.05) is 0 Å². The van der Waals surface area contributed by atoms with E-state index in [4.69, 9.17) is 0 Å². The fourth-order valence-electron chi connectivity index (χ4n) is 2.51. The predicted octanol–water partition coefficient (Wildman–Crippen LogP) is 3.66. The lowest BCUT2D eigenvalue weighted by atomic mass is 9.78. The highest BCUT2D eigenvalue weighted by molar-refractivity contribution is 7.07. The normalized spacial score (nSPS) is 31.7. The molecule has 0 aliphatic heterocycles. The Balaban J connectivity index is 1.83. The summed E-state index contributed by atoms with van der Waals surface area (Å²) in [6, 6.07) is 2.95. The number of nitrogens with one attached hydrogen (secondary N) is 1. The zero-order chi connectivity index (χ0) is 10.7. The van der Waals surface area contributed by atoms with Crippen LogP contribution in [0.3, 0.4) is 0 Å². The maximum absolute atomic E-state index is 3.71. The van der Waals surface area contributed by atoms with Crippen molar-refractivity contribution in [2.75, 3.05) is 0 Å². The Morgan fingerprint density at radius 2 is 2.27 bits per heavy atom. The van der Waals surface area contributed by atoms with Crippen molar-refractivity contribution >= 4 is 11.3 Å². The van der Waals surface area contributed by atoms with Crippen LogP contribution < -0.4 is 5.32 Å². The first-order chi connectivity index (χ1) is 7.27. The summed E-state index contributed by atoms with van der Waals surface area (Å²) in [6.45, 7) is 5.84. The van der Waals surface area contributed by atoms with Gasteiger partial charge in [-0.15, -0.1) is 0 Å². The van der Waals surface area contributed by atoms with Gasteiger partial charge in [0.2, 0.25) is 0 Å². The van der Waals surface area contributed by atoms with Crippen molar-refractivity contribution in [2.24, 2.45) is 11.8 Å². The molecule has 2 heteroatoms. The molecule has 0 bridgehead atoms. The lowest BCUT2D eigenvalue weighted by Gasteiger charge is -2.34. The molecule has 3 atom stereocenters. The zero-order valence-electron chi connectivity index (χ0n) is 9.70.